The average molecular weight is 260 g/mol. The molecule has 2 aromatic rings. The van der Waals surface area contributed by atoms with Crippen LogP contribution < -0.4 is 9.47 Å². The van der Waals surface area contributed by atoms with Crippen LogP contribution in [0.2, 0.25) is 0 Å². The second kappa shape index (κ2) is 6.00. The van der Waals surface area contributed by atoms with Gasteiger partial charge in [0.1, 0.15) is 12.4 Å². The van der Waals surface area contributed by atoms with E-state index in [1.165, 1.54) is 19.2 Å². The molecule has 0 aliphatic carbocycles. The Morgan fingerprint density at radius 3 is 2.53 bits per heavy atom. The van der Waals surface area contributed by atoms with Crippen LogP contribution >= 0.6 is 0 Å². The largest absolute Gasteiger partial charge is 0.493 e. The van der Waals surface area contributed by atoms with E-state index in [-0.39, 0.29) is 12.4 Å². The number of hydrogen-bond acceptors (Lipinski definition) is 3. The number of aldehydes is 1. The van der Waals surface area contributed by atoms with Gasteiger partial charge in [0.05, 0.1) is 12.7 Å². The van der Waals surface area contributed by atoms with E-state index in [0.29, 0.717) is 23.3 Å². The highest BCUT2D eigenvalue weighted by atomic mass is 19.1. The van der Waals surface area contributed by atoms with Gasteiger partial charge in [-0.2, -0.15) is 0 Å². The lowest BCUT2D eigenvalue weighted by Gasteiger charge is -2.12. The van der Waals surface area contributed by atoms with Crippen LogP contribution in [0.1, 0.15) is 15.9 Å². The predicted molar refractivity (Wildman–Crippen MR) is 69.1 cm³/mol. The summed E-state index contributed by atoms with van der Waals surface area (Å²) in [7, 11) is 1.51. The van der Waals surface area contributed by atoms with Crippen LogP contribution in [0.25, 0.3) is 0 Å². The van der Waals surface area contributed by atoms with Crippen LogP contribution in [-0.4, -0.2) is 13.4 Å². The van der Waals surface area contributed by atoms with Gasteiger partial charge in [-0.05, 0) is 29.8 Å². The first-order valence-corrected chi connectivity index (χ1v) is 5.74. The minimum atomic E-state index is -0.297. The summed E-state index contributed by atoms with van der Waals surface area (Å²) < 4.78 is 23.5. The van der Waals surface area contributed by atoms with Crippen LogP contribution in [0.5, 0.6) is 11.5 Å². The number of ether oxygens (including phenoxy) is 2. The summed E-state index contributed by atoms with van der Waals surface area (Å²) in [5.41, 5.74) is 1.23. The monoisotopic (exact) mass is 260 g/mol. The molecule has 0 bridgehead atoms. The van der Waals surface area contributed by atoms with E-state index < -0.39 is 0 Å². The minimum absolute atomic E-state index is 0.238. The number of para-hydroxylation sites is 1. The summed E-state index contributed by atoms with van der Waals surface area (Å²) in [6.07, 6.45) is 0.711. The lowest BCUT2D eigenvalue weighted by Crippen LogP contribution is -2.00. The topological polar surface area (TPSA) is 35.5 Å². The maximum absolute atomic E-state index is 12.8. The van der Waals surface area contributed by atoms with E-state index in [4.69, 9.17) is 9.47 Å². The molecule has 4 heteroatoms. The Labute approximate surface area is 110 Å². The Hall–Kier alpha value is -2.36. The van der Waals surface area contributed by atoms with Crippen LogP contribution in [-0.2, 0) is 6.61 Å². The molecule has 0 spiro atoms. The lowest BCUT2D eigenvalue weighted by atomic mass is 10.2. The van der Waals surface area contributed by atoms with E-state index in [1.807, 2.05) is 0 Å². The Kier molecular flexibility index (Phi) is 4.13. The Morgan fingerprint density at radius 2 is 1.89 bits per heavy atom. The van der Waals surface area contributed by atoms with Gasteiger partial charge in [-0.25, -0.2) is 4.39 Å². The molecule has 0 saturated heterocycles. The SMILES string of the molecule is COc1cccc(C=O)c1OCc1ccc(F)cc1. The van der Waals surface area contributed by atoms with Crippen molar-refractivity contribution in [1.29, 1.82) is 0 Å². The smallest absolute Gasteiger partial charge is 0.172 e. The number of halogens is 1. The van der Waals surface area contributed by atoms with Gasteiger partial charge < -0.3 is 9.47 Å². The van der Waals surface area contributed by atoms with Crippen molar-refractivity contribution < 1.29 is 18.7 Å². The summed E-state index contributed by atoms with van der Waals surface area (Å²) in [5.74, 6) is 0.589. The minimum Gasteiger partial charge on any atom is -0.493 e. The highest BCUT2D eigenvalue weighted by Crippen LogP contribution is 2.30. The molecule has 2 rings (SSSR count). The molecule has 0 unspecified atom stereocenters. The Balaban J connectivity index is 2.18. The van der Waals surface area contributed by atoms with Crippen molar-refractivity contribution >= 4 is 6.29 Å². The van der Waals surface area contributed by atoms with Crippen molar-refractivity contribution in [2.75, 3.05) is 7.11 Å². The summed E-state index contributed by atoms with van der Waals surface area (Å²) in [4.78, 5) is 11.0. The molecule has 0 aromatic heterocycles. The van der Waals surface area contributed by atoms with Crippen molar-refractivity contribution in [1.82, 2.24) is 0 Å². The number of carbonyl (C=O) groups excluding carboxylic acids is 1. The number of benzene rings is 2. The molecular weight excluding hydrogens is 247 g/mol. The van der Waals surface area contributed by atoms with E-state index in [9.17, 15) is 9.18 Å². The fourth-order valence-corrected chi connectivity index (χ4v) is 1.68. The molecule has 0 fully saturated rings. The molecule has 0 atom stereocenters. The number of hydrogen-bond donors (Lipinski definition) is 0. The first-order chi connectivity index (χ1) is 9.24. The zero-order chi connectivity index (χ0) is 13.7. The third-order valence-electron chi connectivity index (χ3n) is 2.65. The van der Waals surface area contributed by atoms with Crippen molar-refractivity contribution in [3.8, 4) is 11.5 Å². The molecule has 0 radical (unpaired) electrons. The van der Waals surface area contributed by atoms with E-state index in [0.717, 1.165) is 5.56 Å². The number of rotatable bonds is 5. The quantitative estimate of drug-likeness (QED) is 0.774. The van der Waals surface area contributed by atoms with Crippen LogP contribution in [0.4, 0.5) is 4.39 Å². The summed E-state index contributed by atoms with van der Waals surface area (Å²) in [5, 5.41) is 0. The first kappa shape index (κ1) is 13.1. The van der Waals surface area contributed by atoms with Gasteiger partial charge in [-0.15, -0.1) is 0 Å². The molecule has 0 aliphatic heterocycles. The maximum Gasteiger partial charge on any atom is 0.172 e. The molecule has 2 aromatic carbocycles. The zero-order valence-electron chi connectivity index (χ0n) is 10.4. The lowest BCUT2D eigenvalue weighted by molar-refractivity contribution is 0.111. The second-order valence-corrected chi connectivity index (χ2v) is 3.91. The van der Waals surface area contributed by atoms with Crippen molar-refractivity contribution in [3.63, 3.8) is 0 Å². The number of carbonyl (C=O) groups is 1. The molecule has 0 amide bonds. The Bertz CT molecular complexity index is 564. The van der Waals surface area contributed by atoms with E-state index in [1.54, 1.807) is 30.3 Å². The summed E-state index contributed by atoms with van der Waals surface area (Å²) in [6.45, 7) is 0.238. The van der Waals surface area contributed by atoms with Crippen LogP contribution in [0, 0.1) is 5.82 Å². The Morgan fingerprint density at radius 1 is 1.16 bits per heavy atom. The molecule has 19 heavy (non-hydrogen) atoms. The third-order valence-corrected chi connectivity index (χ3v) is 2.65. The summed E-state index contributed by atoms with van der Waals surface area (Å²) >= 11 is 0. The van der Waals surface area contributed by atoms with Gasteiger partial charge in [-0.3, -0.25) is 4.79 Å². The van der Waals surface area contributed by atoms with Crippen molar-refractivity contribution in [2.45, 2.75) is 6.61 Å². The second-order valence-electron chi connectivity index (χ2n) is 3.91. The molecule has 3 nitrogen and oxygen atoms in total. The maximum atomic E-state index is 12.8. The molecule has 0 aliphatic rings. The molecule has 0 N–H and O–H groups in total. The first-order valence-electron chi connectivity index (χ1n) is 5.74. The van der Waals surface area contributed by atoms with Gasteiger partial charge in [-0.1, -0.05) is 18.2 Å². The van der Waals surface area contributed by atoms with Gasteiger partial charge in [0.15, 0.2) is 17.8 Å². The normalized spacial score (nSPS) is 10.0. The molecular formula is C15H13FO3. The van der Waals surface area contributed by atoms with Crippen molar-refractivity contribution in [3.05, 3.63) is 59.4 Å². The summed E-state index contributed by atoms with van der Waals surface area (Å²) in [6, 6.07) is 11.1. The molecule has 0 heterocycles. The predicted octanol–water partition coefficient (Wildman–Crippen LogP) is 3.23. The number of methoxy groups -OCH3 is 1. The standard InChI is InChI=1S/C15H13FO3/c1-18-14-4-2-3-12(9-17)15(14)19-10-11-5-7-13(16)8-6-11/h2-9H,10H2,1H3. The van der Waals surface area contributed by atoms with Gasteiger partial charge in [0.2, 0.25) is 0 Å². The van der Waals surface area contributed by atoms with E-state index in [2.05, 4.69) is 0 Å². The molecule has 0 saturated carbocycles. The van der Waals surface area contributed by atoms with Crippen LogP contribution in [0.15, 0.2) is 42.5 Å². The fraction of sp³-hybridized carbons (Fsp3) is 0.133. The zero-order valence-corrected chi connectivity index (χ0v) is 10.4. The van der Waals surface area contributed by atoms with Gasteiger partial charge in [0, 0.05) is 0 Å². The highest BCUT2D eigenvalue weighted by Gasteiger charge is 2.10. The average Bonchev–Trinajstić information content (AvgIpc) is 2.46. The van der Waals surface area contributed by atoms with E-state index >= 15 is 0 Å². The fourth-order valence-electron chi connectivity index (χ4n) is 1.68. The highest BCUT2D eigenvalue weighted by molar-refractivity contribution is 5.81. The van der Waals surface area contributed by atoms with Crippen LogP contribution in [0.3, 0.4) is 0 Å². The third kappa shape index (κ3) is 3.10. The molecule has 98 valence electrons. The van der Waals surface area contributed by atoms with Gasteiger partial charge >= 0.3 is 0 Å². The van der Waals surface area contributed by atoms with Gasteiger partial charge in [0.25, 0.3) is 0 Å². The van der Waals surface area contributed by atoms with Crippen molar-refractivity contribution in [2.24, 2.45) is 0 Å².